The van der Waals surface area contributed by atoms with E-state index in [1.807, 2.05) is 0 Å². The molecule has 18 heavy (non-hydrogen) atoms. The number of fused-ring (bicyclic) bond motifs is 1. The summed E-state index contributed by atoms with van der Waals surface area (Å²) in [5, 5.41) is 8.51. The highest BCUT2D eigenvalue weighted by molar-refractivity contribution is 5.98. The highest BCUT2D eigenvalue weighted by atomic mass is 19.1. The van der Waals surface area contributed by atoms with E-state index in [1.165, 1.54) is 6.07 Å². The Balaban J connectivity index is 2.69. The number of nitriles is 1. The molecule has 5 heteroatoms. The van der Waals surface area contributed by atoms with Gasteiger partial charge < -0.3 is 0 Å². The Morgan fingerprint density at radius 3 is 2.78 bits per heavy atom. The molecule has 0 aliphatic heterocycles. The van der Waals surface area contributed by atoms with Gasteiger partial charge in [0.25, 0.3) is 0 Å². The maximum Gasteiger partial charge on any atom is 0.197 e. The molecule has 90 valence electrons. The Morgan fingerprint density at radius 2 is 2.11 bits per heavy atom. The Labute approximate surface area is 103 Å². The van der Waals surface area contributed by atoms with Crippen molar-refractivity contribution < 1.29 is 9.18 Å². The van der Waals surface area contributed by atoms with Gasteiger partial charge in [0.05, 0.1) is 17.3 Å². The molecule has 0 bridgehead atoms. The van der Waals surface area contributed by atoms with E-state index < -0.39 is 11.6 Å². The number of halogens is 1. The first-order valence-corrected chi connectivity index (χ1v) is 5.37. The zero-order chi connectivity index (χ0) is 13.3. The fraction of sp³-hybridized carbons (Fsp3) is 0.231. The Bertz CT molecular complexity index is 689. The minimum Gasteiger partial charge on any atom is -0.291 e. The number of carbonyl (C=O) groups excluding carboxylic acids is 1. The molecule has 0 saturated carbocycles. The highest BCUT2D eigenvalue weighted by Gasteiger charge is 2.15. The smallest absolute Gasteiger partial charge is 0.197 e. The molecule has 0 amide bonds. The summed E-state index contributed by atoms with van der Waals surface area (Å²) in [5.41, 5.74) is 1.65. The van der Waals surface area contributed by atoms with E-state index in [4.69, 9.17) is 5.26 Å². The fourth-order valence-corrected chi connectivity index (χ4v) is 1.75. The summed E-state index contributed by atoms with van der Waals surface area (Å²) in [4.78, 5) is 19.8. The molecule has 2 rings (SSSR count). The standard InChI is InChI=1S/C13H10FN3O/c1-7-5-9(14)13-10(6-7)17-12(8(2)16-13)11(18)3-4-15/h5-6H,3H2,1-2H3. The Morgan fingerprint density at radius 1 is 1.39 bits per heavy atom. The van der Waals surface area contributed by atoms with Gasteiger partial charge in [0.2, 0.25) is 0 Å². The van der Waals surface area contributed by atoms with Gasteiger partial charge in [0.1, 0.15) is 17.6 Å². The number of hydrogen-bond acceptors (Lipinski definition) is 4. The molecule has 0 fully saturated rings. The van der Waals surface area contributed by atoms with Crippen LogP contribution in [0.2, 0.25) is 0 Å². The van der Waals surface area contributed by atoms with Crippen LogP contribution >= 0.6 is 0 Å². The molecule has 1 aromatic carbocycles. The average Bonchev–Trinajstić information content (AvgIpc) is 2.29. The molecule has 0 spiro atoms. The zero-order valence-corrected chi connectivity index (χ0v) is 9.99. The summed E-state index contributed by atoms with van der Waals surface area (Å²) >= 11 is 0. The van der Waals surface area contributed by atoms with Crippen LogP contribution in [-0.2, 0) is 0 Å². The van der Waals surface area contributed by atoms with Gasteiger partial charge in [-0.1, -0.05) is 0 Å². The number of nitrogens with zero attached hydrogens (tertiary/aromatic N) is 3. The van der Waals surface area contributed by atoms with E-state index in [1.54, 1.807) is 26.0 Å². The Kier molecular flexibility index (Phi) is 3.02. The average molecular weight is 243 g/mol. The van der Waals surface area contributed by atoms with Crippen molar-refractivity contribution in [3.63, 3.8) is 0 Å². The van der Waals surface area contributed by atoms with E-state index in [0.717, 1.165) is 0 Å². The number of aromatic nitrogens is 2. The number of benzene rings is 1. The van der Waals surface area contributed by atoms with Crippen molar-refractivity contribution >= 4 is 16.8 Å². The van der Waals surface area contributed by atoms with Crippen LogP contribution in [0.15, 0.2) is 12.1 Å². The number of carbonyl (C=O) groups is 1. The minimum atomic E-state index is -0.458. The lowest BCUT2D eigenvalue weighted by molar-refractivity contribution is 0.0992. The summed E-state index contributed by atoms with van der Waals surface area (Å²) in [6.45, 7) is 3.32. The van der Waals surface area contributed by atoms with E-state index in [0.29, 0.717) is 16.8 Å². The summed E-state index contributed by atoms with van der Waals surface area (Å²) in [6, 6.07) is 4.80. The third kappa shape index (κ3) is 2.05. The maximum atomic E-state index is 13.7. The van der Waals surface area contributed by atoms with Gasteiger partial charge in [-0.25, -0.2) is 14.4 Å². The number of Topliss-reactive ketones (excluding diaryl/α,β-unsaturated/α-hetero) is 1. The number of hydrogen-bond donors (Lipinski definition) is 0. The lowest BCUT2D eigenvalue weighted by atomic mass is 10.1. The number of rotatable bonds is 2. The van der Waals surface area contributed by atoms with Crippen LogP contribution < -0.4 is 0 Å². The Hall–Kier alpha value is -2.35. The quantitative estimate of drug-likeness (QED) is 0.760. The molecule has 0 radical (unpaired) electrons. The van der Waals surface area contributed by atoms with Crippen LogP contribution in [0, 0.1) is 31.0 Å². The van der Waals surface area contributed by atoms with Crippen molar-refractivity contribution in [1.82, 2.24) is 9.97 Å². The normalized spacial score (nSPS) is 10.3. The molecule has 2 aromatic rings. The van der Waals surface area contributed by atoms with Crippen molar-refractivity contribution in [2.24, 2.45) is 0 Å². The first-order valence-electron chi connectivity index (χ1n) is 5.37. The van der Waals surface area contributed by atoms with E-state index in [9.17, 15) is 9.18 Å². The molecule has 1 aromatic heterocycles. The van der Waals surface area contributed by atoms with Crippen LogP contribution in [0.1, 0.15) is 28.2 Å². The summed E-state index contributed by atoms with van der Waals surface area (Å²) in [5.74, 6) is -0.855. The lowest BCUT2D eigenvalue weighted by Gasteiger charge is -2.05. The van der Waals surface area contributed by atoms with Crippen LogP contribution in [0.25, 0.3) is 11.0 Å². The second-order valence-electron chi connectivity index (χ2n) is 4.03. The molecule has 0 aliphatic rings. The zero-order valence-electron chi connectivity index (χ0n) is 9.99. The van der Waals surface area contributed by atoms with E-state index in [-0.39, 0.29) is 17.6 Å². The first-order chi connectivity index (χ1) is 8.52. The first kappa shape index (κ1) is 12.1. The molecule has 0 saturated heterocycles. The van der Waals surface area contributed by atoms with Crippen LogP contribution in [0.5, 0.6) is 0 Å². The lowest BCUT2D eigenvalue weighted by Crippen LogP contribution is -2.07. The maximum absolute atomic E-state index is 13.7. The summed E-state index contributed by atoms with van der Waals surface area (Å²) < 4.78 is 13.7. The van der Waals surface area contributed by atoms with Crippen molar-refractivity contribution in [3.05, 3.63) is 34.9 Å². The van der Waals surface area contributed by atoms with Crippen molar-refractivity contribution in [1.29, 1.82) is 5.26 Å². The largest absolute Gasteiger partial charge is 0.291 e. The second-order valence-corrected chi connectivity index (χ2v) is 4.03. The third-order valence-electron chi connectivity index (χ3n) is 2.55. The number of aryl methyl sites for hydroxylation is 2. The molecular weight excluding hydrogens is 233 g/mol. The molecule has 1 heterocycles. The topological polar surface area (TPSA) is 66.6 Å². The fourth-order valence-electron chi connectivity index (χ4n) is 1.75. The minimum absolute atomic E-state index is 0.133. The van der Waals surface area contributed by atoms with Gasteiger partial charge in [-0.2, -0.15) is 5.26 Å². The van der Waals surface area contributed by atoms with Crippen LogP contribution in [-0.4, -0.2) is 15.8 Å². The number of ketones is 1. The molecule has 0 unspecified atom stereocenters. The van der Waals surface area contributed by atoms with Crippen molar-refractivity contribution in [2.75, 3.05) is 0 Å². The van der Waals surface area contributed by atoms with Crippen LogP contribution in [0.3, 0.4) is 0 Å². The van der Waals surface area contributed by atoms with Crippen molar-refractivity contribution in [3.8, 4) is 6.07 Å². The second kappa shape index (κ2) is 4.49. The molecule has 4 nitrogen and oxygen atoms in total. The van der Waals surface area contributed by atoms with E-state index >= 15 is 0 Å². The molecular formula is C13H10FN3O. The molecule has 0 atom stereocenters. The predicted molar refractivity (Wildman–Crippen MR) is 63.5 cm³/mol. The van der Waals surface area contributed by atoms with Gasteiger partial charge in [-0.3, -0.25) is 4.79 Å². The van der Waals surface area contributed by atoms with Crippen LogP contribution in [0.4, 0.5) is 4.39 Å². The molecule has 0 aliphatic carbocycles. The highest BCUT2D eigenvalue weighted by Crippen LogP contribution is 2.18. The van der Waals surface area contributed by atoms with Gasteiger partial charge in [-0.05, 0) is 31.5 Å². The van der Waals surface area contributed by atoms with Gasteiger partial charge in [0.15, 0.2) is 11.6 Å². The predicted octanol–water partition coefficient (Wildman–Crippen LogP) is 2.48. The van der Waals surface area contributed by atoms with Gasteiger partial charge in [0, 0.05) is 0 Å². The SMILES string of the molecule is Cc1cc(F)c2nc(C)c(C(=O)CC#N)nc2c1. The third-order valence-corrected chi connectivity index (χ3v) is 2.55. The van der Waals surface area contributed by atoms with Gasteiger partial charge in [-0.15, -0.1) is 0 Å². The molecule has 0 N–H and O–H groups in total. The van der Waals surface area contributed by atoms with Crippen molar-refractivity contribution in [2.45, 2.75) is 20.3 Å². The van der Waals surface area contributed by atoms with Gasteiger partial charge >= 0.3 is 0 Å². The monoisotopic (exact) mass is 243 g/mol. The summed E-state index contributed by atoms with van der Waals surface area (Å²) in [7, 11) is 0. The van der Waals surface area contributed by atoms with E-state index in [2.05, 4.69) is 9.97 Å². The summed E-state index contributed by atoms with van der Waals surface area (Å²) in [6.07, 6.45) is -0.255.